The lowest BCUT2D eigenvalue weighted by atomic mass is 9.98. The lowest BCUT2D eigenvalue weighted by molar-refractivity contribution is -0.332. The summed E-state index contributed by atoms with van der Waals surface area (Å²) in [6.45, 7) is 3.56. The second-order valence-electron chi connectivity index (χ2n) is 20.1. The van der Waals surface area contributed by atoms with E-state index in [0.29, 0.717) is 13.0 Å². The first-order valence-corrected chi connectivity index (χ1v) is 28.9. The minimum Gasteiger partial charge on any atom is -0.457 e. The zero-order chi connectivity index (χ0) is 53.0. The molecule has 2 aliphatic rings. The van der Waals surface area contributed by atoms with E-state index in [1.807, 2.05) is 0 Å². The van der Waals surface area contributed by atoms with Gasteiger partial charge in [0.2, 0.25) is 0 Å². The summed E-state index contributed by atoms with van der Waals surface area (Å²) in [6.07, 6.45) is 39.9. The van der Waals surface area contributed by atoms with Crippen LogP contribution in [0.4, 0.5) is 0 Å². The first-order valence-electron chi connectivity index (χ1n) is 28.9. The van der Waals surface area contributed by atoms with E-state index in [4.69, 9.17) is 28.4 Å². The molecule has 2 rings (SSSR count). The number of carbonyl (C=O) groups is 1. The summed E-state index contributed by atoms with van der Waals surface area (Å²) in [5.74, 6) is -0.390. The second-order valence-corrected chi connectivity index (χ2v) is 20.1. The molecule has 2 aliphatic heterocycles. The largest absolute Gasteiger partial charge is 0.457 e. The molecule has 0 aromatic carbocycles. The Hall–Kier alpha value is -2.31. The van der Waals surface area contributed by atoms with Crippen LogP contribution in [0, 0.1) is 0 Å². The van der Waals surface area contributed by atoms with Crippen molar-refractivity contribution >= 4 is 5.97 Å². The second kappa shape index (κ2) is 45.8. The van der Waals surface area contributed by atoms with E-state index < -0.39 is 86.7 Å². The molecule has 0 radical (unpaired) electrons. The third-order valence-electron chi connectivity index (χ3n) is 13.5. The first-order chi connectivity index (χ1) is 35.6. The summed E-state index contributed by atoms with van der Waals surface area (Å²) in [6, 6.07) is 0. The molecule has 0 aliphatic carbocycles. The van der Waals surface area contributed by atoms with Crippen LogP contribution in [0.15, 0.2) is 60.8 Å². The van der Waals surface area contributed by atoms with Crippen molar-refractivity contribution in [2.24, 2.45) is 0 Å². The van der Waals surface area contributed by atoms with Gasteiger partial charge < -0.3 is 64.2 Å². The SMILES string of the molecule is CC/C=C\C/C=C\C/C=C\C/C=C\CCCCCCCCC(=O)OC(COCCCCCCCCCCCC/C=C\CCCCCCCC)COC1OC(COC2OC(CO)C(O)C(O)C2O)C(O)C(O)C1O. The zero-order valence-corrected chi connectivity index (χ0v) is 45.4. The maximum atomic E-state index is 13.1. The lowest BCUT2D eigenvalue weighted by Crippen LogP contribution is -2.61. The standard InChI is InChI=1S/C59H104O14/c1-3-5-7-9-11-13-15-17-19-21-23-25-27-29-31-33-35-37-39-41-43-68-45-48(71-51(61)42-40-38-36-34-32-30-28-26-24-22-20-18-16-14-12-10-8-6-4-2)46-69-58-57(67)55(65)53(63)50(73-58)47-70-59-56(66)54(64)52(62)49(44-60)72-59/h6,8,12,14,17-20,24,26,48-50,52-60,62-67H,3-5,7,9-11,13,15-16,21-23,25,27-47H2,1-2H3/b8-6-,14-12-,19-17-,20-18-,26-24-. The van der Waals surface area contributed by atoms with Crippen LogP contribution in [0.3, 0.4) is 0 Å². The molecule has 11 unspecified atom stereocenters. The molecule has 0 spiro atoms. The maximum absolute atomic E-state index is 13.1. The van der Waals surface area contributed by atoms with Crippen LogP contribution < -0.4 is 0 Å². The van der Waals surface area contributed by atoms with Crippen molar-refractivity contribution in [3.8, 4) is 0 Å². The minimum absolute atomic E-state index is 0.0532. The summed E-state index contributed by atoms with van der Waals surface area (Å²) in [7, 11) is 0. The van der Waals surface area contributed by atoms with E-state index in [1.54, 1.807) is 0 Å². The van der Waals surface area contributed by atoms with Gasteiger partial charge in [0, 0.05) is 13.0 Å². The summed E-state index contributed by atoms with van der Waals surface area (Å²) >= 11 is 0. The van der Waals surface area contributed by atoms with Crippen molar-refractivity contribution in [1.29, 1.82) is 0 Å². The predicted molar refractivity (Wildman–Crippen MR) is 289 cm³/mol. The summed E-state index contributed by atoms with van der Waals surface area (Å²) in [5.41, 5.74) is 0. The minimum atomic E-state index is -1.71. The monoisotopic (exact) mass is 1040 g/mol. The van der Waals surface area contributed by atoms with Crippen molar-refractivity contribution in [2.75, 3.05) is 33.0 Å². The number of aliphatic hydroxyl groups is 7. The van der Waals surface area contributed by atoms with Crippen LogP contribution in [-0.2, 0) is 33.2 Å². The molecule has 73 heavy (non-hydrogen) atoms. The fourth-order valence-electron chi connectivity index (χ4n) is 8.86. The molecule has 7 N–H and O–H groups in total. The third kappa shape index (κ3) is 32.8. The van der Waals surface area contributed by atoms with Gasteiger partial charge in [0.05, 0.1) is 26.4 Å². The predicted octanol–water partition coefficient (Wildman–Crippen LogP) is 10.1. The molecule has 424 valence electrons. The van der Waals surface area contributed by atoms with Crippen molar-refractivity contribution in [1.82, 2.24) is 0 Å². The van der Waals surface area contributed by atoms with Gasteiger partial charge in [-0.1, -0.05) is 184 Å². The van der Waals surface area contributed by atoms with E-state index in [-0.39, 0.29) is 19.6 Å². The molecule has 0 aromatic heterocycles. The van der Waals surface area contributed by atoms with Crippen LogP contribution in [-0.4, -0.2) is 142 Å². The van der Waals surface area contributed by atoms with Gasteiger partial charge in [0.1, 0.15) is 54.9 Å². The maximum Gasteiger partial charge on any atom is 0.306 e. The van der Waals surface area contributed by atoms with Crippen molar-refractivity contribution in [3.63, 3.8) is 0 Å². The van der Waals surface area contributed by atoms with Gasteiger partial charge in [-0.05, 0) is 77.0 Å². The van der Waals surface area contributed by atoms with Crippen LogP contribution in [0.2, 0.25) is 0 Å². The normalized spacial score (nSPS) is 25.4. The number of rotatable bonds is 46. The molecule has 0 saturated carbocycles. The van der Waals surface area contributed by atoms with Crippen molar-refractivity contribution < 1.29 is 69.0 Å². The smallest absolute Gasteiger partial charge is 0.306 e. The Morgan fingerprint density at radius 2 is 0.890 bits per heavy atom. The topological polar surface area (TPSA) is 214 Å². The molecule has 0 aromatic rings. The number of hydrogen-bond acceptors (Lipinski definition) is 14. The van der Waals surface area contributed by atoms with E-state index in [0.717, 1.165) is 83.5 Å². The molecule has 2 saturated heterocycles. The van der Waals surface area contributed by atoms with Gasteiger partial charge in [-0.25, -0.2) is 0 Å². The third-order valence-corrected chi connectivity index (χ3v) is 13.5. The lowest BCUT2D eigenvalue weighted by Gasteiger charge is -2.42. The Bertz CT molecular complexity index is 1440. The van der Waals surface area contributed by atoms with Crippen LogP contribution in [0.1, 0.15) is 206 Å². The van der Waals surface area contributed by atoms with E-state index in [9.17, 15) is 40.5 Å². The van der Waals surface area contributed by atoms with Crippen molar-refractivity contribution in [2.45, 2.75) is 274 Å². The van der Waals surface area contributed by atoms with Gasteiger partial charge in [-0.3, -0.25) is 4.79 Å². The van der Waals surface area contributed by atoms with Crippen LogP contribution >= 0.6 is 0 Å². The highest BCUT2D eigenvalue weighted by Crippen LogP contribution is 2.26. The molecule has 14 nitrogen and oxygen atoms in total. The van der Waals surface area contributed by atoms with Gasteiger partial charge in [0.25, 0.3) is 0 Å². The first kappa shape index (κ1) is 66.8. The summed E-state index contributed by atoms with van der Waals surface area (Å²) in [5, 5.41) is 72.3. The average molecular weight is 1040 g/mol. The Balaban J connectivity index is 1.73. The van der Waals surface area contributed by atoms with E-state index in [1.165, 1.54) is 96.3 Å². The Morgan fingerprint density at radius 3 is 1.41 bits per heavy atom. The van der Waals surface area contributed by atoms with Gasteiger partial charge in [0.15, 0.2) is 12.6 Å². The molecule has 0 bridgehead atoms. The molecule has 0 amide bonds. The molecular weight excluding hydrogens is 933 g/mol. The zero-order valence-electron chi connectivity index (χ0n) is 45.4. The quantitative estimate of drug-likeness (QED) is 0.0172. The van der Waals surface area contributed by atoms with E-state index in [2.05, 4.69) is 74.6 Å². The molecule has 2 heterocycles. The highest BCUT2D eigenvalue weighted by Gasteiger charge is 2.47. The number of aliphatic hydroxyl groups excluding tert-OH is 7. The van der Waals surface area contributed by atoms with Crippen LogP contribution in [0.25, 0.3) is 0 Å². The fourth-order valence-corrected chi connectivity index (χ4v) is 8.86. The number of esters is 1. The summed E-state index contributed by atoms with van der Waals surface area (Å²) < 4.78 is 34.4. The molecule has 14 heteroatoms. The highest BCUT2D eigenvalue weighted by atomic mass is 16.7. The van der Waals surface area contributed by atoms with Gasteiger partial charge in [-0.15, -0.1) is 0 Å². The van der Waals surface area contributed by atoms with E-state index >= 15 is 0 Å². The number of carbonyl (C=O) groups excluding carboxylic acids is 1. The van der Waals surface area contributed by atoms with Gasteiger partial charge in [-0.2, -0.15) is 0 Å². The average Bonchev–Trinajstić information content (AvgIpc) is 3.39. The summed E-state index contributed by atoms with van der Waals surface area (Å²) in [4.78, 5) is 13.1. The number of ether oxygens (including phenoxy) is 6. The Kier molecular flexibility index (Phi) is 42.0. The number of unbranched alkanes of at least 4 members (excludes halogenated alkanes) is 22. The molecular formula is C59H104O14. The fraction of sp³-hybridized carbons (Fsp3) is 0.814. The Morgan fingerprint density at radius 1 is 0.466 bits per heavy atom. The Labute approximate surface area is 441 Å². The highest BCUT2D eigenvalue weighted by molar-refractivity contribution is 5.69. The van der Waals surface area contributed by atoms with Crippen molar-refractivity contribution in [3.05, 3.63) is 60.8 Å². The molecule has 11 atom stereocenters. The number of hydrogen-bond donors (Lipinski definition) is 7. The molecule has 2 fully saturated rings. The number of allylic oxidation sites excluding steroid dienone is 10. The van der Waals surface area contributed by atoms with Gasteiger partial charge >= 0.3 is 5.97 Å². The van der Waals surface area contributed by atoms with Crippen LogP contribution in [0.5, 0.6) is 0 Å².